The molecular formula is C7H12N2O4. The molecule has 74 valence electrons. The Hall–Kier alpha value is -1.30. The van der Waals surface area contributed by atoms with Crippen molar-refractivity contribution in [2.24, 2.45) is 0 Å². The molecule has 0 aliphatic carbocycles. The molecule has 6 heteroatoms. The molecule has 1 atom stereocenters. The summed E-state index contributed by atoms with van der Waals surface area (Å²) >= 11 is 0. The lowest BCUT2D eigenvalue weighted by Crippen LogP contribution is -2.46. The Morgan fingerprint density at radius 1 is 1.46 bits per heavy atom. The van der Waals surface area contributed by atoms with Crippen LogP contribution in [0.5, 0.6) is 0 Å². The van der Waals surface area contributed by atoms with Crippen LogP contribution in [-0.4, -0.2) is 31.8 Å². The van der Waals surface area contributed by atoms with Gasteiger partial charge in [-0.1, -0.05) is 0 Å². The highest BCUT2D eigenvalue weighted by Crippen LogP contribution is 2.11. The van der Waals surface area contributed by atoms with E-state index in [2.05, 4.69) is 15.6 Å². The van der Waals surface area contributed by atoms with Gasteiger partial charge in [0.25, 0.3) is 5.91 Å². The summed E-state index contributed by atoms with van der Waals surface area (Å²) in [5, 5.41) is 0. The van der Waals surface area contributed by atoms with Crippen molar-refractivity contribution in [1.82, 2.24) is 10.9 Å². The van der Waals surface area contributed by atoms with Crippen LogP contribution in [0.4, 0.5) is 4.79 Å². The number of hydrogen-bond donors (Lipinski definition) is 2. The number of ether oxygens (including phenoxy) is 2. The van der Waals surface area contributed by atoms with Crippen LogP contribution < -0.4 is 10.9 Å². The molecule has 0 aromatic heterocycles. The molecule has 1 fully saturated rings. The zero-order chi connectivity index (χ0) is 9.68. The first kappa shape index (κ1) is 9.79. The zero-order valence-corrected chi connectivity index (χ0v) is 7.33. The lowest BCUT2D eigenvalue weighted by molar-refractivity contribution is -0.130. The van der Waals surface area contributed by atoms with Crippen LogP contribution in [0.3, 0.4) is 0 Å². The minimum absolute atomic E-state index is 0.345. The number of amides is 2. The van der Waals surface area contributed by atoms with Crippen molar-refractivity contribution in [3.63, 3.8) is 0 Å². The maximum Gasteiger partial charge on any atom is 0.425 e. The molecule has 0 spiro atoms. The number of carbonyl (C=O) groups is 2. The zero-order valence-electron chi connectivity index (χ0n) is 7.33. The van der Waals surface area contributed by atoms with E-state index < -0.39 is 12.2 Å². The SMILES string of the molecule is COC(=O)NNC(=O)[C@@H]1CCCO1. The Balaban J connectivity index is 2.20. The van der Waals surface area contributed by atoms with Crippen LogP contribution in [0.15, 0.2) is 0 Å². The van der Waals surface area contributed by atoms with Crippen molar-refractivity contribution in [2.75, 3.05) is 13.7 Å². The van der Waals surface area contributed by atoms with Gasteiger partial charge >= 0.3 is 6.09 Å². The van der Waals surface area contributed by atoms with Crippen LogP contribution in [0.2, 0.25) is 0 Å². The molecule has 0 aromatic rings. The fourth-order valence-corrected chi connectivity index (χ4v) is 1.03. The van der Waals surface area contributed by atoms with Gasteiger partial charge in [-0.25, -0.2) is 10.2 Å². The van der Waals surface area contributed by atoms with Crippen molar-refractivity contribution < 1.29 is 19.1 Å². The second kappa shape index (κ2) is 4.66. The molecule has 6 nitrogen and oxygen atoms in total. The van der Waals surface area contributed by atoms with E-state index in [1.807, 2.05) is 0 Å². The normalized spacial score (nSPS) is 20.8. The van der Waals surface area contributed by atoms with Gasteiger partial charge in [0.1, 0.15) is 6.10 Å². The van der Waals surface area contributed by atoms with E-state index in [1.165, 1.54) is 7.11 Å². The first-order chi connectivity index (χ1) is 6.24. The Kier molecular flexibility index (Phi) is 3.51. The molecule has 1 rings (SSSR count). The lowest BCUT2D eigenvalue weighted by Gasteiger charge is -2.09. The van der Waals surface area contributed by atoms with Crippen molar-refractivity contribution in [3.05, 3.63) is 0 Å². The van der Waals surface area contributed by atoms with Crippen LogP contribution in [-0.2, 0) is 14.3 Å². The maximum atomic E-state index is 11.2. The van der Waals surface area contributed by atoms with Crippen molar-refractivity contribution in [3.8, 4) is 0 Å². The van der Waals surface area contributed by atoms with Crippen molar-refractivity contribution >= 4 is 12.0 Å². The summed E-state index contributed by atoms with van der Waals surface area (Å²) in [4.78, 5) is 21.7. The van der Waals surface area contributed by atoms with E-state index in [1.54, 1.807) is 0 Å². The minimum atomic E-state index is -0.702. The Labute approximate surface area is 75.5 Å². The highest BCUT2D eigenvalue weighted by Gasteiger charge is 2.23. The molecule has 0 unspecified atom stereocenters. The third-order valence-electron chi connectivity index (χ3n) is 1.70. The van der Waals surface area contributed by atoms with Crippen LogP contribution in [0.1, 0.15) is 12.8 Å². The standard InChI is InChI=1S/C7H12N2O4/c1-12-7(11)9-8-6(10)5-3-2-4-13-5/h5H,2-4H2,1H3,(H,8,10)(H,9,11)/t5-/m0/s1. The third-order valence-corrected chi connectivity index (χ3v) is 1.70. The molecule has 0 radical (unpaired) electrons. The Morgan fingerprint density at radius 3 is 2.77 bits per heavy atom. The van der Waals surface area contributed by atoms with Gasteiger partial charge in [0.15, 0.2) is 0 Å². The fourth-order valence-electron chi connectivity index (χ4n) is 1.03. The van der Waals surface area contributed by atoms with E-state index >= 15 is 0 Å². The minimum Gasteiger partial charge on any atom is -0.452 e. The van der Waals surface area contributed by atoms with Crippen LogP contribution in [0, 0.1) is 0 Å². The summed E-state index contributed by atoms with van der Waals surface area (Å²) in [7, 11) is 1.22. The topological polar surface area (TPSA) is 76.7 Å². The second-order valence-electron chi connectivity index (χ2n) is 2.61. The molecule has 0 saturated carbocycles. The van der Waals surface area contributed by atoms with E-state index in [-0.39, 0.29) is 5.91 Å². The summed E-state index contributed by atoms with van der Waals surface area (Å²) < 4.78 is 9.33. The lowest BCUT2D eigenvalue weighted by atomic mass is 10.2. The number of hydrazine groups is 1. The Bertz CT molecular complexity index is 201. The average Bonchev–Trinajstić information content (AvgIpc) is 2.66. The predicted molar refractivity (Wildman–Crippen MR) is 42.7 cm³/mol. The quantitative estimate of drug-likeness (QED) is 0.546. The van der Waals surface area contributed by atoms with Gasteiger partial charge in [-0.2, -0.15) is 0 Å². The summed E-state index contributed by atoms with van der Waals surface area (Å²) in [6.45, 7) is 0.594. The third kappa shape index (κ3) is 2.90. The number of nitrogens with one attached hydrogen (secondary N) is 2. The maximum absolute atomic E-state index is 11.2. The van der Waals surface area contributed by atoms with E-state index in [0.29, 0.717) is 13.0 Å². The molecule has 1 heterocycles. The number of carbonyl (C=O) groups excluding carboxylic acids is 2. The molecule has 1 aliphatic rings. The number of hydrogen-bond acceptors (Lipinski definition) is 4. The van der Waals surface area contributed by atoms with Gasteiger partial charge in [-0.3, -0.25) is 10.2 Å². The van der Waals surface area contributed by atoms with Gasteiger partial charge in [-0.05, 0) is 12.8 Å². The molecule has 0 aromatic carbocycles. The molecular weight excluding hydrogens is 176 g/mol. The molecule has 2 N–H and O–H groups in total. The largest absolute Gasteiger partial charge is 0.452 e. The fraction of sp³-hybridized carbons (Fsp3) is 0.714. The number of rotatable bonds is 1. The molecule has 1 saturated heterocycles. The summed E-state index contributed by atoms with van der Waals surface area (Å²) in [6.07, 6.45) is 0.411. The van der Waals surface area contributed by atoms with Crippen molar-refractivity contribution in [2.45, 2.75) is 18.9 Å². The van der Waals surface area contributed by atoms with E-state index in [9.17, 15) is 9.59 Å². The highest BCUT2D eigenvalue weighted by atomic mass is 16.5. The van der Waals surface area contributed by atoms with Crippen LogP contribution >= 0.6 is 0 Å². The van der Waals surface area contributed by atoms with Gasteiger partial charge < -0.3 is 9.47 Å². The van der Waals surface area contributed by atoms with Gasteiger partial charge in [0.2, 0.25) is 0 Å². The number of methoxy groups -OCH3 is 1. The summed E-state index contributed by atoms with van der Waals surface area (Å²) in [5.41, 5.74) is 4.26. The van der Waals surface area contributed by atoms with Gasteiger partial charge in [0.05, 0.1) is 7.11 Å². The average molecular weight is 188 g/mol. The summed E-state index contributed by atoms with van der Waals surface area (Å²) in [5.74, 6) is -0.345. The van der Waals surface area contributed by atoms with Crippen molar-refractivity contribution in [1.29, 1.82) is 0 Å². The monoisotopic (exact) mass is 188 g/mol. The molecule has 1 aliphatic heterocycles. The van der Waals surface area contributed by atoms with Gasteiger partial charge in [0, 0.05) is 6.61 Å². The second-order valence-corrected chi connectivity index (χ2v) is 2.61. The van der Waals surface area contributed by atoms with E-state index in [0.717, 1.165) is 6.42 Å². The van der Waals surface area contributed by atoms with E-state index in [4.69, 9.17) is 4.74 Å². The first-order valence-corrected chi connectivity index (χ1v) is 3.99. The molecule has 0 bridgehead atoms. The molecule has 2 amide bonds. The van der Waals surface area contributed by atoms with Crippen LogP contribution in [0.25, 0.3) is 0 Å². The van der Waals surface area contributed by atoms with Gasteiger partial charge in [-0.15, -0.1) is 0 Å². The predicted octanol–water partition coefficient (Wildman–Crippen LogP) is -0.447. The summed E-state index contributed by atoms with van der Waals surface area (Å²) in [6, 6.07) is 0. The first-order valence-electron chi connectivity index (χ1n) is 3.99. The molecule has 13 heavy (non-hydrogen) atoms. The highest BCUT2D eigenvalue weighted by molar-refractivity contribution is 5.82. The Morgan fingerprint density at radius 2 is 2.23 bits per heavy atom. The smallest absolute Gasteiger partial charge is 0.425 e.